The van der Waals surface area contributed by atoms with Crippen LogP contribution in [0.25, 0.3) is 0 Å². The number of fused-ring (bicyclic) bond motifs is 5. The molecule has 1 aromatic rings. The van der Waals surface area contributed by atoms with Gasteiger partial charge in [0.15, 0.2) is 0 Å². The number of benzene rings is 1. The number of nitrogens with one attached hydrogen (secondary N) is 1. The van der Waals surface area contributed by atoms with Crippen LogP contribution in [0.15, 0.2) is 42.5 Å². The second-order valence-electron chi connectivity index (χ2n) is 6.18. The maximum absolute atomic E-state index is 12.5. The average Bonchev–Trinajstić information content (AvgIpc) is 3.18. The van der Waals surface area contributed by atoms with Crippen LogP contribution in [-0.4, -0.2) is 29.2 Å². The SMILES string of the molecule is O=C(CN1C(=O)[C@@H]2[C@H](C1=O)[C@H]1C=C[C@H]2C1)Nc1ccccc1. The Balaban J connectivity index is 1.47. The van der Waals surface area contributed by atoms with E-state index in [-0.39, 0.29) is 47.9 Å². The highest BCUT2D eigenvalue weighted by Gasteiger charge is 2.59. The lowest BCUT2D eigenvalue weighted by atomic mass is 9.85. The zero-order chi connectivity index (χ0) is 15.3. The number of nitrogens with zero attached hydrogens (tertiary/aromatic N) is 1. The summed E-state index contributed by atoms with van der Waals surface area (Å²) in [7, 11) is 0. The third kappa shape index (κ3) is 1.89. The van der Waals surface area contributed by atoms with Crippen molar-refractivity contribution >= 4 is 23.4 Å². The predicted octanol–water partition coefficient (Wildman–Crippen LogP) is 1.43. The van der Waals surface area contributed by atoms with Crippen LogP contribution in [0.1, 0.15) is 6.42 Å². The molecular weight excluding hydrogens is 280 g/mol. The summed E-state index contributed by atoms with van der Waals surface area (Å²) < 4.78 is 0. The minimum Gasteiger partial charge on any atom is -0.325 e. The molecule has 0 unspecified atom stereocenters. The Morgan fingerprint density at radius 2 is 1.64 bits per heavy atom. The lowest BCUT2D eigenvalue weighted by Gasteiger charge is -2.16. The van der Waals surface area contributed by atoms with E-state index in [1.54, 1.807) is 12.1 Å². The van der Waals surface area contributed by atoms with Gasteiger partial charge in [-0.25, -0.2) is 0 Å². The number of carbonyl (C=O) groups excluding carboxylic acids is 3. The molecule has 1 saturated carbocycles. The Kier molecular flexibility index (Phi) is 2.89. The third-order valence-electron chi connectivity index (χ3n) is 4.92. The van der Waals surface area contributed by atoms with E-state index in [9.17, 15) is 14.4 Å². The molecule has 2 bridgehead atoms. The van der Waals surface area contributed by atoms with Crippen LogP contribution in [0.5, 0.6) is 0 Å². The predicted molar refractivity (Wildman–Crippen MR) is 79.5 cm³/mol. The highest BCUT2D eigenvalue weighted by Crippen LogP contribution is 2.52. The van der Waals surface area contributed by atoms with Crippen LogP contribution in [0, 0.1) is 23.7 Å². The van der Waals surface area contributed by atoms with Crippen molar-refractivity contribution in [3.63, 3.8) is 0 Å². The normalized spacial score (nSPS) is 31.7. The quantitative estimate of drug-likeness (QED) is 0.678. The smallest absolute Gasteiger partial charge is 0.244 e. The Hall–Kier alpha value is -2.43. The summed E-state index contributed by atoms with van der Waals surface area (Å²) in [5, 5.41) is 2.71. The van der Waals surface area contributed by atoms with Crippen molar-refractivity contribution in [2.75, 3.05) is 11.9 Å². The number of allylic oxidation sites excluding steroid dienone is 2. The maximum Gasteiger partial charge on any atom is 0.244 e. The van der Waals surface area contributed by atoms with E-state index in [0.29, 0.717) is 5.69 Å². The largest absolute Gasteiger partial charge is 0.325 e. The van der Waals surface area contributed by atoms with Gasteiger partial charge in [0.05, 0.1) is 11.8 Å². The summed E-state index contributed by atoms with van der Waals surface area (Å²) in [4.78, 5) is 38.2. The number of hydrogen-bond donors (Lipinski definition) is 1. The zero-order valence-corrected chi connectivity index (χ0v) is 11.9. The van der Waals surface area contributed by atoms with Crippen LogP contribution >= 0.6 is 0 Å². The lowest BCUT2D eigenvalue weighted by Crippen LogP contribution is -2.39. The van der Waals surface area contributed by atoms with Gasteiger partial charge < -0.3 is 5.32 Å². The highest BCUT2D eigenvalue weighted by molar-refractivity contribution is 6.09. The van der Waals surface area contributed by atoms with Gasteiger partial charge in [-0.05, 0) is 30.4 Å². The fourth-order valence-corrected chi connectivity index (χ4v) is 3.99. The van der Waals surface area contributed by atoms with E-state index < -0.39 is 0 Å². The minimum absolute atomic E-state index is 0.175. The first-order chi connectivity index (χ1) is 10.6. The molecule has 5 nitrogen and oxygen atoms in total. The highest BCUT2D eigenvalue weighted by atomic mass is 16.2. The monoisotopic (exact) mass is 296 g/mol. The van der Waals surface area contributed by atoms with Gasteiger partial charge in [-0.3, -0.25) is 19.3 Å². The summed E-state index contributed by atoms with van der Waals surface area (Å²) >= 11 is 0. The molecule has 4 rings (SSSR count). The van der Waals surface area contributed by atoms with Gasteiger partial charge in [0, 0.05) is 5.69 Å². The van der Waals surface area contributed by atoms with Crippen molar-refractivity contribution in [2.45, 2.75) is 6.42 Å². The average molecular weight is 296 g/mol. The molecule has 0 aromatic heterocycles. The maximum atomic E-state index is 12.5. The van der Waals surface area contributed by atoms with Gasteiger partial charge in [-0.2, -0.15) is 0 Å². The van der Waals surface area contributed by atoms with Crippen LogP contribution in [0.2, 0.25) is 0 Å². The fourth-order valence-electron chi connectivity index (χ4n) is 3.99. The lowest BCUT2D eigenvalue weighted by molar-refractivity contribution is -0.143. The van der Waals surface area contributed by atoms with Crippen LogP contribution in [-0.2, 0) is 14.4 Å². The van der Waals surface area contributed by atoms with Gasteiger partial charge in [-0.1, -0.05) is 30.4 Å². The van der Waals surface area contributed by atoms with Crippen molar-refractivity contribution < 1.29 is 14.4 Å². The molecule has 1 heterocycles. The van der Waals surface area contributed by atoms with E-state index in [4.69, 9.17) is 0 Å². The first-order valence-electron chi connectivity index (χ1n) is 7.53. The van der Waals surface area contributed by atoms with Gasteiger partial charge in [-0.15, -0.1) is 0 Å². The number of rotatable bonds is 3. The van der Waals surface area contributed by atoms with E-state index in [0.717, 1.165) is 11.3 Å². The number of carbonyl (C=O) groups is 3. The minimum atomic E-state index is -0.340. The molecule has 0 spiro atoms. The van der Waals surface area contributed by atoms with Crippen molar-refractivity contribution in [1.29, 1.82) is 0 Å². The van der Waals surface area contributed by atoms with E-state index >= 15 is 0 Å². The molecule has 1 saturated heterocycles. The van der Waals surface area contributed by atoms with Crippen LogP contribution in [0.4, 0.5) is 5.69 Å². The van der Waals surface area contributed by atoms with Gasteiger partial charge in [0.25, 0.3) is 0 Å². The summed E-state index contributed by atoms with van der Waals surface area (Å²) in [6.45, 7) is -0.195. The number of likely N-dealkylation sites (tertiary alicyclic amines) is 1. The number of hydrogen-bond acceptors (Lipinski definition) is 3. The van der Waals surface area contributed by atoms with Crippen LogP contribution < -0.4 is 5.32 Å². The Labute approximate surface area is 128 Å². The van der Waals surface area contributed by atoms with E-state index in [2.05, 4.69) is 5.32 Å². The molecule has 22 heavy (non-hydrogen) atoms. The summed E-state index contributed by atoms with van der Waals surface area (Å²) in [6, 6.07) is 9.02. The topological polar surface area (TPSA) is 66.5 Å². The van der Waals surface area contributed by atoms with Gasteiger partial charge >= 0.3 is 0 Å². The summed E-state index contributed by atoms with van der Waals surface area (Å²) in [5.74, 6) is -0.848. The molecule has 5 heteroatoms. The third-order valence-corrected chi connectivity index (χ3v) is 4.92. The number of amides is 3. The Morgan fingerprint density at radius 1 is 1.05 bits per heavy atom. The Morgan fingerprint density at radius 3 is 2.23 bits per heavy atom. The molecule has 3 amide bonds. The summed E-state index contributed by atoms with van der Waals surface area (Å²) in [6.07, 6.45) is 4.99. The number of anilines is 1. The summed E-state index contributed by atoms with van der Waals surface area (Å²) in [5.41, 5.74) is 0.661. The molecule has 112 valence electrons. The van der Waals surface area contributed by atoms with Crippen molar-refractivity contribution in [2.24, 2.45) is 23.7 Å². The molecule has 0 radical (unpaired) electrons. The first-order valence-corrected chi connectivity index (χ1v) is 7.53. The van der Waals surface area contributed by atoms with Gasteiger partial charge in [0.1, 0.15) is 6.54 Å². The molecule has 4 atom stereocenters. The first kappa shape index (κ1) is 13.2. The van der Waals surface area contributed by atoms with Crippen molar-refractivity contribution in [1.82, 2.24) is 4.90 Å². The molecule has 3 aliphatic rings. The molecule has 1 N–H and O–H groups in total. The number of para-hydroxylation sites is 1. The molecular formula is C17H16N2O3. The fraction of sp³-hybridized carbons (Fsp3) is 0.353. The standard InChI is InChI=1S/C17H16N2O3/c20-13(18-12-4-2-1-3-5-12)9-19-16(21)14-10-6-7-11(8-10)15(14)17(19)22/h1-7,10-11,14-15H,8-9H2,(H,18,20)/t10-,11-,14-,15+/m0/s1. The van der Waals surface area contributed by atoms with E-state index in [1.807, 2.05) is 30.4 Å². The molecule has 2 aliphatic carbocycles. The van der Waals surface area contributed by atoms with Crippen molar-refractivity contribution in [3.8, 4) is 0 Å². The van der Waals surface area contributed by atoms with E-state index in [1.165, 1.54) is 0 Å². The van der Waals surface area contributed by atoms with Crippen LogP contribution in [0.3, 0.4) is 0 Å². The zero-order valence-electron chi connectivity index (χ0n) is 11.9. The second-order valence-corrected chi connectivity index (χ2v) is 6.18. The second kappa shape index (κ2) is 4.80. The molecule has 1 aliphatic heterocycles. The van der Waals surface area contributed by atoms with Gasteiger partial charge in [0.2, 0.25) is 17.7 Å². The molecule has 1 aromatic carbocycles. The van der Waals surface area contributed by atoms with Crippen molar-refractivity contribution in [3.05, 3.63) is 42.5 Å². The Bertz CT molecular complexity index is 652. The number of imide groups is 1. The molecule has 2 fully saturated rings.